The van der Waals surface area contributed by atoms with Gasteiger partial charge in [-0.1, -0.05) is 94.7 Å². The number of benzene rings is 2. The van der Waals surface area contributed by atoms with Crippen molar-refractivity contribution in [1.29, 1.82) is 0 Å². The Balaban J connectivity index is 1.48. The third kappa shape index (κ3) is 7.35. The van der Waals surface area contributed by atoms with Gasteiger partial charge in [0.25, 0.3) is 5.91 Å². The lowest BCUT2D eigenvalue weighted by molar-refractivity contribution is -0.882. The van der Waals surface area contributed by atoms with Crippen molar-refractivity contribution < 1.29 is 18.9 Å². The lowest BCUT2D eigenvalue weighted by atomic mass is 9.83. The molecule has 0 aliphatic heterocycles. The van der Waals surface area contributed by atoms with Crippen molar-refractivity contribution in [3.8, 4) is 0 Å². The number of fused-ring (bicyclic) bond motifs is 2. The minimum atomic E-state index is -0.217. The van der Waals surface area contributed by atoms with Crippen LogP contribution in [0.15, 0.2) is 42.5 Å². The molecule has 3 rings (SSSR count). The molecule has 5 nitrogen and oxygen atoms in total. The van der Waals surface area contributed by atoms with Gasteiger partial charge in [0.1, 0.15) is 0 Å². The minimum absolute atomic E-state index is 0.144. The van der Waals surface area contributed by atoms with Crippen LogP contribution in [0.4, 0.5) is 5.69 Å². The van der Waals surface area contributed by atoms with E-state index in [2.05, 4.69) is 26.3 Å². The lowest BCUT2D eigenvalue weighted by Crippen LogP contribution is -2.46. The van der Waals surface area contributed by atoms with E-state index >= 15 is 0 Å². The summed E-state index contributed by atoms with van der Waals surface area (Å²) in [6, 6.07) is 11.9. The van der Waals surface area contributed by atoms with Crippen molar-refractivity contribution in [3.63, 3.8) is 0 Å². The Morgan fingerprint density at radius 2 is 1.26 bits per heavy atom. The molecule has 2 aromatic rings. The van der Waals surface area contributed by atoms with E-state index in [1.807, 2.05) is 0 Å². The van der Waals surface area contributed by atoms with Crippen LogP contribution in [0.5, 0.6) is 0 Å². The Morgan fingerprint density at radius 3 is 1.89 bits per heavy atom. The van der Waals surface area contributed by atoms with E-state index in [-0.39, 0.29) is 17.5 Å². The number of carbonyl (C=O) groups is 3. The van der Waals surface area contributed by atoms with Gasteiger partial charge in [-0.3, -0.25) is 14.4 Å². The number of quaternary nitrogens is 1. The lowest BCUT2D eigenvalue weighted by Gasteiger charge is -2.29. The van der Waals surface area contributed by atoms with Gasteiger partial charge in [-0.25, -0.2) is 0 Å². The number of carbonyl (C=O) groups excluding carboxylic acids is 3. The Hall–Kier alpha value is -2.79. The second-order valence-electron chi connectivity index (χ2n) is 10.5. The van der Waals surface area contributed by atoms with Crippen LogP contribution in [-0.2, 0) is 4.79 Å². The summed E-state index contributed by atoms with van der Waals surface area (Å²) in [5, 5.41) is 2.92. The zero-order valence-electron chi connectivity index (χ0n) is 21.7. The number of rotatable bonds is 14. The molecule has 0 heterocycles. The van der Waals surface area contributed by atoms with Crippen molar-refractivity contribution in [2.45, 2.75) is 71.1 Å². The molecule has 1 aliphatic carbocycles. The Labute approximate surface area is 210 Å². The molecular formula is C30H41N2O3+. The molecule has 2 aromatic carbocycles. The Bertz CT molecular complexity index is 1040. The molecule has 188 valence electrons. The topological polar surface area (TPSA) is 63.2 Å². The van der Waals surface area contributed by atoms with Crippen LogP contribution in [0.2, 0.25) is 0 Å². The molecule has 0 spiro atoms. The van der Waals surface area contributed by atoms with Gasteiger partial charge in [-0.15, -0.1) is 0 Å². The van der Waals surface area contributed by atoms with E-state index in [0.29, 0.717) is 39.0 Å². The van der Waals surface area contributed by atoms with Gasteiger partial charge in [0.2, 0.25) is 0 Å². The van der Waals surface area contributed by atoms with E-state index in [4.69, 9.17) is 0 Å². The fourth-order valence-corrected chi connectivity index (χ4v) is 4.93. The molecule has 0 atom stereocenters. The average molecular weight is 478 g/mol. The molecule has 0 bridgehead atoms. The summed E-state index contributed by atoms with van der Waals surface area (Å²) in [5.74, 6) is -0.539. The SMILES string of the molecule is CCCCCCCCCCCC[N+](C)(C)CC(=O)Nc1cccc2c1C(=O)c1ccccc1C2=O. The van der Waals surface area contributed by atoms with Crippen LogP contribution in [0.25, 0.3) is 0 Å². The first kappa shape index (κ1) is 26.8. The van der Waals surface area contributed by atoms with Crippen LogP contribution in [-0.4, -0.2) is 49.1 Å². The number of likely N-dealkylation sites (N-methyl/N-ethyl adjacent to an activating group) is 1. The van der Waals surface area contributed by atoms with E-state index in [0.717, 1.165) is 13.0 Å². The predicted octanol–water partition coefficient (Wildman–Crippen LogP) is 6.40. The molecule has 0 radical (unpaired) electrons. The number of hydrogen-bond acceptors (Lipinski definition) is 3. The number of anilines is 1. The van der Waals surface area contributed by atoms with Crippen molar-refractivity contribution in [1.82, 2.24) is 0 Å². The monoisotopic (exact) mass is 477 g/mol. The second-order valence-corrected chi connectivity index (χ2v) is 10.5. The van der Waals surface area contributed by atoms with Crippen molar-refractivity contribution in [2.24, 2.45) is 0 Å². The van der Waals surface area contributed by atoms with Crippen LogP contribution in [0, 0.1) is 0 Å². The fraction of sp³-hybridized carbons (Fsp3) is 0.500. The Morgan fingerprint density at radius 1 is 0.714 bits per heavy atom. The molecule has 1 amide bonds. The summed E-state index contributed by atoms with van der Waals surface area (Å²) in [4.78, 5) is 39.0. The molecule has 0 aromatic heterocycles. The standard InChI is InChI=1S/C30H40N2O3/c1-4-5-6-7-8-9-10-11-12-15-21-32(2,3)22-27(33)31-26-20-16-19-25-28(26)30(35)24-18-14-13-17-23(24)29(25)34/h13-14,16-20H,4-12,15,21-22H2,1-3H3/p+1. The predicted molar refractivity (Wildman–Crippen MR) is 142 cm³/mol. The van der Waals surface area contributed by atoms with Crippen LogP contribution >= 0.6 is 0 Å². The first-order valence-electron chi connectivity index (χ1n) is 13.3. The van der Waals surface area contributed by atoms with Crippen LogP contribution in [0.3, 0.4) is 0 Å². The molecule has 0 unspecified atom stereocenters. The third-order valence-corrected chi connectivity index (χ3v) is 6.92. The summed E-state index contributed by atoms with van der Waals surface area (Å²) in [6.07, 6.45) is 12.9. The highest BCUT2D eigenvalue weighted by molar-refractivity contribution is 6.30. The normalized spacial score (nSPS) is 12.9. The summed E-state index contributed by atoms with van der Waals surface area (Å²) in [6.45, 7) is 3.50. The maximum absolute atomic E-state index is 13.1. The van der Waals surface area contributed by atoms with E-state index < -0.39 is 0 Å². The summed E-state index contributed by atoms with van der Waals surface area (Å²) >= 11 is 0. The first-order valence-corrected chi connectivity index (χ1v) is 13.3. The third-order valence-electron chi connectivity index (χ3n) is 6.92. The van der Waals surface area contributed by atoms with Gasteiger partial charge >= 0.3 is 0 Å². The maximum atomic E-state index is 13.1. The minimum Gasteiger partial charge on any atom is -0.321 e. The zero-order chi connectivity index (χ0) is 25.3. The number of nitrogens with one attached hydrogen (secondary N) is 1. The largest absolute Gasteiger partial charge is 0.321 e. The van der Waals surface area contributed by atoms with Gasteiger partial charge in [0.05, 0.1) is 31.9 Å². The smallest absolute Gasteiger partial charge is 0.279 e. The second kappa shape index (κ2) is 12.8. The average Bonchev–Trinajstić information content (AvgIpc) is 2.83. The Kier molecular flexibility index (Phi) is 9.79. The summed E-state index contributed by atoms with van der Waals surface area (Å²) in [5.41, 5.74) is 1.88. The van der Waals surface area contributed by atoms with Gasteiger partial charge in [0, 0.05) is 16.7 Å². The zero-order valence-corrected chi connectivity index (χ0v) is 21.7. The number of nitrogens with zero attached hydrogens (tertiary/aromatic N) is 1. The summed E-state index contributed by atoms with van der Waals surface area (Å²) in [7, 11) is 4.14. The quantitative estimate of drug-likeness (QED) is 0.216. The number of ketones is 2. The van der Waals surface area contributed by atoms with Gasteiger partial charge in [-0.05, 0) is 18.9 Å². The van der Waals surface area contributed by atoms with Crippen LogP contribution < -0.4 is 5.32 Å². The number of hydrogen-bond donors (Lipinski definition) is 1. The first-order chi connectivity index (χ1) is 16.8. The van der Waals surface area contributed by atoms with Gasteiger partial charge in [0.15, 0.2) is 18.1 Å². The highest BCUT2D eigenvalue weighted by atomic mass is 16.2. The van der Waals surface area contributed by atoms with Crippen molar-refractivity contribution in [3.05, 3.63) is 64.7 Å². The molecule has 5 heteroatoms. The molecule has 35 heavy (non-hydrogen) atoms. The molecule has 0 saturated heterocycles. The fourth-order valence-electron chi connectivity index (χ4n) is 4.93. The molecule has 1 N–H and O–H groups in total. The van der Waals surface area contributed by atoms with Gasteiger partial charge < -0.3 is 9.80 Å². The highest BCUT2D eigenvalue weighted by Crippen LogP contribution is 2.32. The van der Waals surface area contributed by atoms with Crippen LogP contribution in [0.1, 0.15) is 103 Å². The molecular weight excluding hydrogens is 436 g/mol. The number of unbranched alkanes of at least 4 members (excludes halogenated alkanes) is 9. The van der Waals surface area contributed by atoms with E-state index in [1.54, 1.807) is 42.5 Å². The van der Waals surface area contributed by atoms with Gasteiger partial charge in [-0.2, -0.15) is 0 Å². The molecule has 0 saturated carbocycles. The molecule has 0 fully saturated rings. The maximum Gasteiger partial charge on any atom is 0.279 e. The van der Waals surface area contributed by atoms with Crippen molar-refractivity contribution >= 4 is 23.2 Å². The molecule has 1 aliphatic rings. The van der Waals surface area contributed by atoms with E-state index in [1.165, 1.54) is 57.8 Å². The van der Waals surface area contributed by atoms with Crippen molar-refractivity contribution in [2.75, 3.05) is 32.5 Å². The summed E-state index contributed by atoms with van der Waals surface area (Å²) < 4.78 is 0.591. The number of amides is 1. The van der Waals surface area contributed by atoms with E-state index in [9.17, 15) is 14.4 Å². The highest BCUT2D eigenvalue weighted by Gasteiger charge is 2.32.